The Hall–Kier alpha value is -1.41. The topological polar surface area (TPSA) is 77.2 Å². The molecule has 1 aromatic carbocycles. The summed E-state index contributed by atoms with van der Waals surface area (Å²) in [6.07, 6.45) is 3.98. The van der Waals surface area contributed by atoms with Gasteiger partial charge in [-0.2, -0.15) is 13.1 Å². The SMILES string of the molecule is CCNS(=O)(=O)N[C@H]1C[C@@H]2c3cccc4[nH]cc(c34)C[C@H]2N(C)C1. The van der Waals surface area contributed by atoms with E-state index >= 15 is 0 Å². The van der Waals surface area contributed by atoms with Crippen LogP contribution >= 0.6 is 0 Å². The zero-order valence-electron chi connectivity index (χ0n) is 14.0. The predicted octanol–water partition coefficient (Wildman–Crippen LogP) is 1.32. The van der Waals surface area contributed by atoms with Crippen LogP contribution < -0.4 is 9.44 Å². The van der Waals surface area contributed by atoms with Crippen LogP contribution in [0.1, 0.15) is 30.4 Å². The van der Waals surface area contributed by atoms with E-state index < -0.39 is 10.2 Å². The van der Waals surface area contributed by atoms with E-state index in [4.69, 9.17) is 0 Å². The molecule has 24 heavy (non-hydrogen) atoms. The Bertz CT molecular complexity index is 861. The fourth-order valence-corrected chi connectivity index (χ4v) is 5.55. The first-order chi connectivity index (χ1) is 11.5. The first kappa shape index (κ1) is 16.1. The molecule has 1 aliphatic carbocycles. The molecule has 2 aromatic rings. The number of aromatic nitrogens is 1. The Morgan fingerprint density at radius 2 is 2.21 bits per heavy atom. The number of likely N-dealkylation sites (N-methyl/N-ethyl adjacent to an activating group) is 1. The van der Waals surface area contributed by atoms with Crippen LogP contribution in [0.15, 0.2) is 24.4 Å². The van der Waals surface area contributed by atoms with Gasteiger partial charge in [0.2, 0.25) is 0 Å². The van der Waals surface area contributed by atoms with E-state index in [2.05, 4.69) is 50.8 Å². The third-order valence-corrected chi connectivity index (χ3v) is 6.69. The summed E-state index contributed by atoms with van der Waals surface area (Å²) in [7, 11) is -1.33. The van der Waals surface area contributed by atoms with Gasteiger partial charge in [0.15, 0.2) is 0 Å². The molecule has 1 aromatic heterocycles. The minimum Gasteiger partial charge on any atom is -0.361 e. The van der Waals surface area contributed by atoms with Crippen LogP contribution in [0.25, 0.3) is 10.9 Å². The molecule has 0 saturated carbocycles. The van der Waals surface area contributed by atoms with Gasteiger partial charge in [-0.1, -0.05) is 19.1 Å². The third-order valence-electron chi connectivity index (χ3n) is 5.38. The Balaban J connectivity index is 1.66. The first-order valence-electron chi connectivity index (χ1n) is 8.54. The van der Waals surface area contributed by atoms with Crippen molar-refractivity contribution in [2.45, 2.75) is 37.8 Å². The van der Waals surface area contributed by atoms with Crippen molar-refractivity contribution in [2.24, 2.45) is 0 Å². The van der Waals surface area contributed by atoms with Crippen molar-refractivity contribution >= 4 is 21.1 Å². The van der Waals surface area contributed by atoms with Crippen LogP contribution in [0.4, 0.5) is 0 Å². The zero-order chi connectivity index (χ0) is 16.9. The van der Waals surface area contributed by atoms with Crippen LogP contribution in [0.2, 0.25) is 0 Å². The molecule has 0 amide bonds. The molecule has 2 heterocycles. The number of fused-ring (bicyclic) bond motifs is 2. The van der Waals surface area contributed by atoms with Gasteiger partial charge in [-0.05, 0) is 37.1 Å². The molecule has 0 unspecified atom stereocenters. The summed E-state index contributed by atoms with van der Waals surface area (Å²) in [5, 5.41) is 1.34. The van der Waals surface area contributed by atoms with Crippen molar-refractivity contribution in [1.29, 1.82) is 0 Å². The summed E-state index contributed by atoms with van der Waals surface area (Å²) in [6.45, 7) is 2.93. The highest BCUT2D eigenvalue weighted by molar-refractivity contribution is 7.87. The van der Waals surface area contributed by atoms with Gasteiger partial charge >= 0.3 is 0 Å². The second-order valence-corrected chi connectivity index (χ2v) is 8.48. The van der Waals surface area contributed by atoms with Gasteiger partial charge in [-0.3, -0.25) is 0 Å². The molecule has 3 N–H and O–H groups in total. The lowest BCUT2D eigenvalue weighted by molar-refractivity contribution is 0.135. The van der Waals surface area contributed by atoms with E-state index in [-0.39, 0.29) is 6.04 Å². The molecule has 7 heteroatoms. The minimum absolute atomic E-state index is 0.0731. The summed E-state index contributed by atoms with van der Waals surface area (Å²) < 4.78 is 29.5. The largest absolute Gasteiger partial charge is 0.361 e. The van der Waals surface area contributed by atoms with E-state index in [0.717, 1.165) is 19.4 Å². The molecule has 0 bridgehead atoms. The fourth-order valence-electron chi connectivity index (χ4n) is 4.48. The molecule has 1 saturated heterocycles. The third kappa shape index (κ3) is 2.65. The zero-order valence-corrected chi connectivity index (χ0v) is 14.9. The van der Waals surface area contributed by atoms with E-state index in [1.807, 2.05) is 0 Å². The van der Waals surface area contributed by atoms with Crippen molar-refractivity contribution in [3.63, 3.8) is 0 Å². The lowest BCUT2D eigenvalue weighted by atomic mass is 9.74. The Morgan fingerprint density at radius 1 is 1.38 bits per heavy atom. The highest BCUT2D eigenvalue weighted by Crippen LogP contribution is 2.42. The van der Waals surface area contributed by atoms with Crippen molar-refractivity contribution in [3.05, 3.63) is 35.5 Å². The van der Waals surface area contributed by atoms with Gasteiger partial charge in [0.25, 0.3) is 10.2 Å². The first-order valence-corrected chi connectivity index (χ1v) is 10.0. The molecular formula is C17H24N4O2S. The lowest BCUT2D eigenvalue weighted by Crippen LogP contribution is -2.56. The van der Waals surface area contributed by atoms with Gasteiger partial charge in [-0.25, -0.2) is 4.72 Å². The van der Waals surface area contributed by atoms with E-state index in [1.54, 1.807) is 6.92 Å². The van der Waals surface area contributed by atoms with Gasteiger partial charge in [0.05, 0.1) is 0 Å². The fraction of sp³-hybridized carbons (Fsp3) is 0.529. The monoisotopic (exact) mass is 348 g/mol. The number of aromatic amines is 1. The summed E-state index contributed by atoms with van der Waals surface area (Å²) in [6, 6.07) is 6.76. The smallest absolute Gasteiger partial charge is 0.277 e. The lowest BCUT2D eigenvalue weighted by Gasteiger charge is -2.45. The second-order valence-electron chi connectivity index (χ2n) is 6.95. The summed E-state index contributed by atoms with van der Waals surface area (Å²) in [5.41, 5.74) is 3.90. The van der Waals surface area contributed by atoms with Crippen LogP contribution in [-0.4, -0.2) is 50.5 Å². The maximum absolute atomic E-state index is 12.1. The highest BCUT2D eigenvalue weighted by atomic mass is 32.2. The number of benzene rings is 1. The molecule has 0 radical (unpaired) electrons. The number of hydrogen-bond acceptors (Lipinski definition) is 3. The summed E-state index contributed by atoms with van der Waals surface area (Å²) >= 11 is 0. The van der Waals surface area contributed by atoms with Crippen LogP contribution in [-0.2, 0) is 16.6 Å². The van der Waals surface area contributed by atoms with Crippen molar-refractivity contribution < 1.29 is 8.42 Å². The van der Waals surface area contributed by atoms with Crippen LogP contribution in [0.5, 0.6) is 0 Å². The molecule has 1 aliphatic heterocycles. The Kier molecular flexibility index (Phi) is 3.91. The van der Waals surface area contributed by atoms with E-state index in [0.29, 0.717) is 18.5 Å². The average molecular weight is 348 g/mol. The molecule has 2 aliphatic rings. The summed E-state index contributed by atoms with van der Waals surface area (Å²) in [4.78, 5) is 5.68. The van der Waals surface area contributed by atoms with E-state index in [9.17, 15) is 8.42 Å². The van der Waals surface area contributed by atoms with Gasteiger partial charge < -0.3 is 9.88 Å². The number of hydrogen-bond donors (Lipinski definition) is 3. The molecule has 130 valence electrons. The Morgan fingerprint density at radius 3 is 3.00 bits per heavy atom. The van der Waals surface area contributed by atoms with Crippen LogP contribution in [0, 0.1) is 0 Å². The van der Waals surface area contributed by atoms with Crippen LogP contribution in [0.3, 0.4) is 0 Å². The number of nitrogens with one attached hydrogen (secondary N) is 3. The van der Waals surface area contributed by atoms with Crippen molar-refractivity contribution in [3.8, 4) is 0 Å². The number of likely N-dealkylation sites (tertiary alicyclic amines) is 1. The predicted molar refractivity (Wildman–Crippen MR) is 95.3 cm³/mol. The quantitative estimate of drug-likeness (QED) is 0.780. The molecule has 0 spiro atoms. The van der Waals surface area contributed by atoms with Crippen molar-refractivity contribution in [2.75, 3.05) is 20.1 Å². The number of nitrogens with zero attached hydrogens (tertiary/aromatic N) is 1. The number of piperidine rings is 1. The average Bonchev–Trinajstić information content (AvgIpc) is 2.93. The standard InChI is InChI=1S/C17H24N4O2S/c1-3-19-24(22,23)20-12-8-14-13-5-4-6-15-17(13)11(9-18-15)7-16(14)21(2)10-12/h4-6,9,12,14,16,18-20H,3,7-8,10H2,1-2H3/t12-,14+,16+/m0/s1. The molecular weight excluding hydrogens is 324 g/mol. The normalized spacial score (nSPS) is 27.3. The number of rotatable bonds is 4. The van der Waals surface area contributed by atoms with E-state index in [1.165, 1.54) is 22.0 Å². The Labute approximate surface area is 142 Å². The maximum atomic E-state index is 12.1. The molecule has 4 rings (SSSR count). The minimum atomic E-state index is -3.43. The van der Waals surface area contributed by atoms with Gasteiger partial charge in [-0.15, -0.1) is 0 Å². The summed E-state index contributed by atoms with van der Waals surface area (Å²) in [5.74, 6) is 0.352. The molecule has 6 nitrogen and oxygen atoms in total. The highest BCUT2D eigenvalue weighted by Gasteiger charge is 2.40. The number of H-pyrrole nitrogens is 1. The molecule has 1 fully saturated rings. The maximum Gasteiger partial charge on any atom is 0.277 e. The molecule has 3 atom stereocenters. The second kappa shape index (κ2) is 5.84. The van der Waals surface area contributed by atoms with Crippen molar-refractivity contribution in [1.82, 2.24) is 19.3 Å². The van der Waals surface area contributed by atoms with Gasteiger partial charge in [0, 0.05) is 48.2 Å². The van der Waals surface area contributed by atoms with Gasteiger partial charge in [0.1, 0.15) is 0 Å².